The van der Waals surface area contributed by atoms with Gasteiger partial charge in [-0.1, -0.05) is 0 Å². The molecule has 0 unspecified atom stereocenters. The molecular weight excluding hydrogens is 411 g/mol. The van der Waals surface area contributed by atoms with Gasteiger partial charge in [0.1, 0.15) is 11.5 Å². The number of H-pyrrole nitrogens is 1. The number of anilines is 1. The molecule has 160 valence electrons. The molecule has 5 rings (SSSR count). The summed E-state index contributed by atoms with van der Waals surface area (Å²) in [6, 6.07) is 3.81. The van der Waals surface area contributed by atoms with Gasteiger partial charge in [-0.2, -0.15) is 18.3 Å². The molecule has 4 aromatic heterocycles. The molecule has 1 aliphatic heterocycles. The number of nitrogens with one attached hydrogen (secondary N) is 2. The number of rotatable bonds is 3. The Labute approximate surface area is 174 Å². The highest BCUT2D eigenvalue weighted by molar-refractivity contribution is 5.58. The topological polar surface area (TPSA) is 99.9 Å². The van der Waals surface area contributed by atoms with Crippen molar-refractivity contribution in [2.24, 2.45) is 0 Å². The summed E-state index contributed by atoms with van der Waals surface area (Å²) in [5.41, 5.74) is 0.610. The molecule has 0 saturated carbocycles. The molecule has 1 fully saturated rings. The highest BCUT2D eigenvalue weighted by Gasteiger charge is 2.33. The van der Waals surface area contributed by atoms with E-state index in [9.17, 15) is 13.2 Å². The van der Waals surface area contributed by atoms with Gasteiger partial charge in [-0.15, -0.1) is 0 Å². The number of halogens is 3. The molecule has 9 nitrogen and oxygen atoms in total. The van der Waals surface area contributed by atoms with Crippen molar-refractivity contribution in [2.45, 2.75) is 25.2 Å². The van der Waals surface area contributed by atoms with Crippen LogP contribution >= 0.6 is 0 Å². The average Bonchev–Trinajstić information content (AvgIpc) is 3.43. The number of imidazole rings is 1. The summed E-state index contributed by atoms with van der Waals surface area (Å²) >= 11 is 0. The van der Waals surface area contributed by atoms with Crippen LogP contribution < -0.4 is 10.2 Å². The molecule has 0 bridgehead atoms. The van der Waals surface area contributed by atoms with Crippen molar-refractivity contribution < 1.29 is 13.2 Å². The van der Waals surface area contributed by atoms with Gasteiger partial charge >= 0.3 is 6.18 Å². The molecule has 0 spiro atoms. The van der Waals surface area contributed by atoms with Gasteiger partial charge in [0.25, 0.3) is 0 Å². The standard InChI is InChI=1S/C19H18F3N9/c1-11-17(12-2-5-27-29-12)23-6-7-30(11)15-3-4-24-18(28-15)13-8-26-16-9-25-14(10-31(13)16)19(20,21)22/h2-5,8-11,17,23H,6-7H2,1H3,(H,27,29)/t11-,17-/m0/s1. The zero-order valence-corrected chi connectivity index (χ0v) is 16.4. The van der Waals surface area contributed by atoms with E-state index in [1.807, 2.05) is 6.07 Å². The lowest BCUT2D eigenvalue weighted by atomic mass is 10.0. The fourth-order valence-electron chi connectivity index (χ4n) is 3.86. The van der Waals surface area contributed by atoms with Crippen LogP contribution in [0.2, 0.25) is 0 Å². The summed E-state index contributed by atoms with van der Waals surface area (Å²) in [5, 5.41) is 10.5. The predicted molar refractivity (Wildman–Crippen MR) is 105 cm³/mol. The summed E-state index contributed by atoms with van der Waals surface area (Å²) in [4.78, 5) is 18.7. The van der Waals surface area contributed by atoms with Gasteiger partial charge in [0.2, 0.25) is 0 Å². The maximum Gasteiger partial charge on any atom is 0.434 e. The van der Waals surface area contributed by atoms with E-state index in [-0.39, 0.29) is 23.6 Å². The summed E-state index contributed by atoms with van der Waals surface area (Å²) in [6.07, 6.45) is 2.20. The second-order valence-corrected chi connectivity index (χ2v) is 7.26. The maximum absolute atomic E-state index is 13.1. The van der Waals surface area contributed by atoms with E-state index in [1.165, 1.54) is 10.6 Å². The van der Waals surface area contributed by atoms with Crippen LogP contribution in [0.4, 0.5) is 19.0 Å². The number of hydrogen-bond acceptors (Lipinski definition) is 7. The number of nitrogens with zero attached hydrogens (tertiary/aromatic N) is 7. The van der Waals surface area contributed by atoms with Gasteiger partial charge in [0, 0.05) is 37.7 Å². The Morgan fingerprint density at radius 2 is 1.97 bits per heavy atom. The molecule has 0 amide bonds. The third-order valence-electron chi connectivity index (χ3n) is 5.40. The molecule has 1 aliphatic rings. The third-order valence-corrected chi connectivity index (χ3v) is 5.40. The molecule has 0 radical (unpaired) electrons. The maximum atomic E-state index is 13.1. The Morgan fingerprint density at radius 3 is 2.74 bits per heavy atom. The molecule has 4 aromatic rings. The van der Waals surface area contributed by atoms with Crippen molar-refractivity contribution >= 4 is 11.5 Å². The van der Waals surface area contributed by atoms with Gasteiger partial charge in [0.05, 0.1) is 24.1 Å². The average molecular weight is 429 g/mol. The van der Waals surface area contributed by atoms with Crippen molar-refractivity contribution in [3.63, 3.8) is 0 Å². The van der Waals surface area contributed by atoms with Gasteiger partial charge in [-0.3, -0.25) is 9.50 Å². The van der Waals surface area contributed by atoms with Crippen molar-refractivity contribution in [3.05, 3.63) is 54.5 Å². The number of alkyl halides is 3. The van der Waals surface area contributed by atoms with E-state index in [1.54, 1.807) is 18.5 Å². The van der Waals surface area contributed by atoms with Crippen molar-refractivity contribution in [3.8, 4) is 11.5 Å². The van der Waals surface area contributed by atoms with E-state index >= 15 is 0 Å². The lowest BCUT2D eigenvalue weighted by Gasteiger charge is -2.40. The smallest absolute Gasteiger partial charge is 0.351 e. The Kier molecular flexibility index (Phi) is 4.58. The zero-order valence-electron chi connectivity index (χ0n) is 16.4. The largest absolute Gasteiger partial charge is 0.434 e. The highest BCUT2D eigenvalue weighted by Crippen LogP contribution is 2.30. The van der Waals surface area contributed by atoms with Crippen LogP contribution in [0.1, 0.15) is 24.4 Å². The third kappa shape index (κ3) is 3.48. The van der Waals surface area contributed by atoms with E-state index < -0.39 is 11.9 Å². The Balaban J connectivity index is 1.51. The fraction of sp³-hybridized carbons (Fsp3) is 0.316. The van der Waals surface area contributed by atoms with E-state index in [2.05, 4.69) is 47.3 Å². The number of aromatic nitrogens is 7. The summed E-state index contributed by atoms with van der Waals surface area (Å²) in [7, 11) is 0. The van der Waals surface area contributed by atoms with Gasteiger partial charge in [-0.05, 0) is 19.1 Å². The fourth-order valence-corrected chi connectivity index (χ4v) is 3.86. The summed E-state index contributed by atoms with van der Waals surface area (Å²) in [5.74, 6) is 0.969. The van der Waals surface area contributed by atoms with Crippen LogP contribution in [-0.4, -0.2) is 53.7 Å². The zero-order chi connectivity index (χ0) is 21.6. The minimum absolute atomic E-state index is 0.0332. The molecule has 1 saturated heterocycles. The first-order valence-electron chi connectivity index (χ1n) is 9.65. The van der Waals surface area contributed by atoms with Crippen LogP contribution in [0.15, 0.2) is 43.1 Å². The monoisotopic (exact) mass is 429 g/mol. The van der Waals surface area contributed by atoms with Crippen LogP contribution in [-0.2, 0) is 6.18 Å². The Hall–Kier alpha value is -3.54. The van der Waals surface area contributed by atoms with Crippen LogP contribution in [0.3, 0.4) is 0 Å². The van der Waals surface area contributed by atoms with Crippen LogP contribution in [0.5, 0.6) is 0 Å². The number of piperazine rings is 1. The second-order valence-electron chi connectivity index (χ2n) is 7.26. The summed E-state index contributed by atoms with van der Waals surface area (Å²) < 4.78 is 40.6. The minimum Gasteiger partial charge on any atom is -0.351 e. The molecule has 0 aliphatic carbocycles. The quantitative estimate of drug-likeness (QED) is 0.516. The number of fused-ring (bicyclic) bond motifs is 1. The predicted octanol–water partition coefficient (Wildman–Crippen LogP) is 2.47. The molecule has 5 heterocycles. The SMILES string of the molecule is C[C@H]1[C@@H](c2ccn[nH]2)NCCN1c1ccnc(-c2cnc3cnc(C(F)(F)F)cn23)n1. The lowest BCUT2D eigenvalue weighted by molar-refractivity contribution is -0.141. The molecule has 0 aromatic carbocycles. The summed E-state index contributed by atoms with van der Waals surface area (Å²) in [6.45, 7) is 3.54. The van der Waals surface area contributed by atoms with Gasteiger partial charge < -0.3 is 10.2 Å². The first-order valence-corrected chi connectivity index (χ1v) is 9.65. The molecule has 2 N–H and O–H groups in total. The van der Waals surface area contributed by atoms with E-state index in [0.29, 0.717) is 11.5 Å². The molecular formula is C19H18F3N9. The van der Waals surface area contributed by atoms with Crippen molar-refractivity contribution in [1.82, 2.24) is 39.9 Å². The first kappa shape index (κ1) is 19.4. The van der Waals surface area contributed by atoms with Crippen molar-refractivity contribution in [1.29, 1.82) is 0 Å². The Morgan fingerprint density at radius 1 is 1.10 bits per heavy atom. The number of hydrogen-bond donors (Lipinski definition) is 2. The normalized spacial score (nSPS) is 19.8. The van der Waals surface area contributed by atoms with Crippen LogP contribution in [0.25, 0.3) is 17.2 Å². The molecule has 12 heteroatoms. The minimum atomic E-state index is -4.56. The lowest BCUT2D eigenvalue weighted by Crippen LogP contribution is -2.52. The van der Waals surface area contributed by atoms with E-state index in [4.69, 9.17) is 0 Å². The first-order chi connectivity index (χ1) is 14.9. The van der Waals surface area contributed by atoms with Gasteiger partial charge in [-0.25, -0.2) is 19.9 Å². The highest BCUT2D eigenvalue weighted by atomic mass is 19.4. The van der Waals surface area contributed by atoms with Crippen LogP contribution in [0, 0.1) is 0 Å². The second kappa shape index (κ2) is 7.30. The van der Waals surface area contributed by atoms with Crippen molar-refractivity contribution in [2.75, 3.05) is 18.0 Å². The van der Waals surface area contributed by atoms with Gasteiger partial charge in [0.15, 0.2) is 17.2 Å². The number of aromatic amines is 1. The van der Waals surface area contributed by atoms with E-state index in [0.717, 1.165) is 31.2 Å². The molecule has 2 atom stereocenters. The Bertz CT molecular complexity index is 1200. The molecule has 31 heavy (non-hydrogen) atoms.